The second-order valence-electron chi connectivity index (χ2n) is 9.38. The molecule has 0 aliphatic carbocycles. The number of ether oxygens (including phenoxy) is 1. The van der Waals surface area contributed by atoms with Crippen molar-refractivity contribution in [3.05, 3.63) is 142 Å². The molecule has 0 bridgehead atoms. The first-order valence-electron chi connectivity index (χ1n) is 12.7. The van der Waals surface area contributed by atoms with Crippen LogP contribution >= 0.6 is 0 Å². The van der Waals surface area contributed by atoms with E-state index in [0.717, 1.165) is 16.7 Å². The Morgan fingerprint density at radius 2 is 1.62 bits per heavy atom. The minimum Gasteiger partial charge on any atom is -0.453 e. The van der Waals surface area contributed by atoms with Crippen LogP contribution in [0.3, 0.4) is 0 Å². The molecule has 200 valence electrons. The zero-order valence-electron chi connectivity index (χ0n) is 22.0. The van der Waals surface area contributed by atoms with Gasteiger partial charge in [-0.2, -0.15) is 9.78 Å². The van der Waals surface area contributed by atoms with Crippen molar-refractivity contribution < 1.29 is 13.9 Å². The summed E-state index contributed by atoms with van der Waals surface area (Å²) in [5.74, 6) is 0.176. The van der Waals surface area contributed by atoms with Crippen LogP contribution in [0.5, 0.6) is 11.5 Å². The highest BCUT2D eigenvalue weighted by atomic mass is 19.1. The summed E-state index contributed by atoms with van der Waals surface area (Å²) < 4.78 is 20.6. The maximum Gasteiger partial charge on any atom is 0.299 e. The summed E-state index contributed by atoms with van der Waals surface area (Å²) in [6, 6.07) is 27.6. The number of carbonyl (C=O) groups excluding carboxylic acids is 1. The van der Waals surface area contributed by atoms with Crippen LogP contribution in [0, 0.1) is 19.7 Å². The van der Waals surface area contributed by atoms with Gasteiger partial charge in [0.15, 0.2) is 11.4 Å². The van der Waals surface area contributed by atoms with E-state index in [1.165, 1.54) is 23.0 Å². The molecule has 0 unspecified atom stereocenters. The van der Waals surface area contributed by atoms with Crippen LogP contribution < -0.4 is 20.9 Å². The Morgan fingerprint density at radius 1 is 0.900 bits per heavy atom. The number of nitrogens with zero attached hydrogens (tertiary/aromatic N) is 2. The number of aromatic nitrogens is 2. The molecule has 5 aromatic rings. The lowest BCUT2D eigenvalue weighted by molar-refractivity contribution is 0.0951. The van der Waals surface area contributed by atoms with E-state index in [1.54, 1.807) is 48.5 Å². The van der Waals surface area contributed by atoms with Gasteiger partial charge in [0.2, 0.25) is 0 Å². The molecular formula is C32H27FN4O3. The van der Waals surface area contributed by atoms with Crippen molar-refractivity contribution in [2.45, 2.75) is 20.4 Å². The van der Waals surface area contributed by atoms with Gasteiger partial charge in [-0.3, -0.25) is 9.59 Å². The highest BCUT2D eigenvalue weighted by Gasteiger charge is 2.16. The van der Waals surface area contributed by atoms with Crippen LogP contribution in [0.15, 0.2) is 108 Å². The molecule has 1 amide bonds. The fourth-order valence-corrected chi connectivity index (χ4v) is 4.27. The first-order valence-corrected chi connectivity index (χ1v) is 12.7. The second kappa shape index (κ2) is 11.7. The summed E-state index contributed by atoms with van der Waals surface area (Å²) in [5.41, 5.74) is 4.08. The summed E-state index contributed by atoms with van der Waals surface area (Å²) in [4.78, 5) is 26.5. The van der Waals surface area contributed by atoms with Crippen molar-refractivity contribution in [1.29, 1.82) is 0 Å². The van der Waals surface area contributed by atoms with E-state index in [1.807, 2.05) is 50.2 Å². The Balaban J connectivity index is 1.45. The second-order valence-corrected chi connectivity index (χ2v) is 9.38. The molecule has 0 saturated heterocycles. The Morgan fingerprint density at radius 3 is 2.35 bits per heavy atom. The SMILES string of the molecule is Cc1cc(C)cc(Oc2cnn(-c3ccccc3)c(=O)c2Nc2cccc(C(=O)NCc3ccc(F)cc3)c2)c1. The molecule has 0 radical (unpaired) electrons. The number of aryl methyl sites for hydroxylation is 2. The van der Waals surface area contributed by atoms with Crippen LogP contribution in [0.2, 0.25) is 0 Å². The molecular weight excluding hydrogens is 507 g/mol. The van der Waals surface area contributed by atoms with Crippen molar-refractivity contribution in [3.63, 3.8) is 0 Å². The summed E-state index contributed by atoms with van der Waals surface area (Å²) in [6.45, 7) is 4.19. The molecule has 2 N–H and O–H groups in total. The van der Waals surface area contributed by atoms with Gasteiger partial charge >= 0.3 is 0 Å². The van der Waals surface area contributed by atoms with Gasteiger partial charge in [-0.15, -0.1) is 0 Å². The summed E-state index contributed by atoms with van der Waals surface area (Å²) in [7, 11) is 0. The zero-order chi connectivity index (χ0) is 28.1. The molecule has 0 aliphatic heterocycles. The number of amides is 1. The van der Waals surface area contributed by atoms with Crippen molar-refractivity contribution >= 4 is 17.3 Å². The molecule has 8 heteroatoms. The Labute approximate surface area is 230 Å². The van der Waals surface area contributed by atoms with Crippen LogP contribution in [-0.4, -0.2) is 15.7 Å². The number of hydrogen-bond acceptors (Lipinski definition) is 5. The maximum absolute atomic E-state index is 13.7. The molecule has 7 nitrogen and oxygen atoms in total. The lowest BCUT2D eigenvalue weighted by Crippen LogP contribution is -2.24. The highest BCUT2D eigenvalue weighted by molar-refractivity contribution is 5.95. The molecule has 0 saturated carbocycles. The van der Waals surface area contributed by atoms with Gasteiger partial charge in [0.05, 0.1) is 11.9 Å². The van der Waals surface area contributed by atoms with E-state index in [0.29, 0.717) is 22.7 Å². The van der Waals surface area contributed by atoms with E-state index >= 15 is 0 Å². The minimum absolute atomic E-state index is 0.168. The van der Waals surface area contributed by atoms with Gasteiger partial charge in [-0.05, 0) is 85.1 Å². The fraction of sp³-hybridized carbons (Fsp3) is 0.0938. The van der Waals surface area contributed by atoms with Gasteiger partial charge < -0.3 is 15.4 Å². The topological polar surface area (TPSA) is 85.2 Å². The normalized spacial score (nSPS) is 10.7. The van der Waals surface area contributed by atoms with Gasteiger partial charge in [-0.1, -0.05) is 42.5 Å². The number of nitrogens with one attached hydrogen (secondary N) is 2. The quantitative estimate of drug-likeness (QED) is 0.239. The van der Waals surface area contributed by atoms with Crippen LogP contribution in [0.25, 0.3) is 5.69 Å². The van der Waals surface area contributed by atoms with Crippen molar-refractivity contribution in [2.75, 3.05) is 5.32 Å². The zero-order valence-corrected chi connectivity index (χ0v) is 22.0. The maximum atomic E-state index is 13.7. The van der Waals surface area contributed by atoms with Gasteiger partial charge in [0.1, 0.15) is 11.6 Å². The van der Waals surface area contributed by atoms with Crippen molar-refractivity contribution in [3.8, 4) is 17.2 Å². The highest BCUT2D eigenvalue weighted by Crippen LogP contribution is 2.30. The van der Waals surface area contributed by atoms with E-state index < -0.39 is 5.56 Å². The van der Waals surface area contributed by atoms with E-state index in [4.69, 9.17) is 4.74 Å². The molecule has 1 heterocycles. The predicted molar refractivity (Wildman–Crippen MR) is 153 cm³/mol. The lowest BCUT2D eigenvalue weighted by Gasteiger charge is -2.15. The molecule has 0 atom stereocenters. The lowest BCUT2D eigenvalue weighted by atomic mass is 10.1. The smallest absolute Gasteiger partial charge is 0.299 e. The first-order chi connectivity index (χ1) is 19.4. The molecule has 1 aromatic heterocycles. The van der Waals surface area contributed by atoms with Crippen LogP contribution in [-0.2, 0) is 6.54 Å². The van der Waals surface area contributed by atoms with Gasteiger partial charge in [0.25, 0.3) is 11.5 Å². The monoisotopic (exact) mass is 534 g/mol. The average molecular weight is 535 g/mol. The number of benzene rings is 4. The van der Waals surface area contributed by atoms with Crippen molar-refractivity contribution in [1.82, 2.24) is 15.1 Å². The average Bonchev–Trinajstić information content (AvgIpc) is 2.94. The third-order valence-electron chi connectivity index (χ3n) is 6.13. The molecule has 0 aliphatic rings. The van der Waals surface area contributed by atoms with Gasteiger partial charge in [-0.25, -0.2) is 4.39 Å². The molecule has 0 fully saturated rings. The van der Waals surface area contributed by atoms with Crippen LogP contribution in [0.1, 0.15) is 27.0 Å². The van der Waals surface area contributed by atoms with Gasteiger partial charge in [0, 0.05) is 17.8 Å². The fourth-order valence-electron chi connectivity index (χ4n) is 4.27. The third-order valence-corrected chi connectivity index (χ3v) is 6.13. The number of halogens is 1. The number of rotatable bonds is 8. The Kier molecular flexibility index (Phi) is 7.68. The number of carbonyl (C=O) groups is 1. The number of anilines is 2. The molecule has 0 spiro atoms. The summed E-state index contributed by atoms with van der Waals surface area (Å²) >= 11 is 0. The van der Waals surface area contributed by atoms with E-state index in [-0.39, 0.29) is 29.7 Å². The Hall–Kier alpha value is -5.24. The Bertz CT molecular complexity index is 1700. The standard InChI is InChI=1S/C32H27FN4O3/c1-21-15-22(2)17-28(16-21)40-29-20-35-37(27-9-4-3-5-10-27)32(39)30(29)36-26-8-6-7-24(18-26)31(38)34-19-23-11-13-25(33)14-12-23/h3-18,20,36H,19H2,1-2H3,(H,34,38). The molecule has 40 heavy (non-hydrogen) atoms. The van der Waals surface area contributed by atoms with E-state index in [9.17, 15) is 14.0 Å². The first kappa shape index (κ1) is 26.4. The minimum atomic E-state index is -0.417. The predicted octanol–water partition coefficient (Wildman–Crippen LogP) is 6.45. The largest absolute Gasteiger partial charge is 0.453 e. The number of para-hydroxylation sites is 1. The van der Waals surface area contributed by atoms with Crippen molar-refractivity contribution in [2.24, 2.45) is 0 Å². The third kappa shape index (κ3) is 6.24. The molecule has 4 aromatic carbocycles. The summed E-state index contributed by atoms with van der Waals surface area (Å²) in [5, 5.41) is 10.3. The summed E-state index contributed by atoms with van der Waals surface area (Å²) in [6.07, 6.45) is 1.49. The van der Waals surface area contributed by atoms with E-state index in [2.05, 4.69) is 15.7 Å². The van der Waals surface area contributed by atoms with Crippen LogP contribution in [0.4, 0.5) is 15.8 Å². The number of hydrogen-bond donors (Lipinski definition) is 2. The molecule has 5 rings (SSSR count).